The molecule has 2 amide bonds. The van der Waals surface area contributed by atoms with E-state index in [0.29, 0.717) is 6.07 Å². The molecule has 1 aliphatic heterocycles. The van der Waals surface area contributed by atoms with E-state index in [1.807, 2.05) is 4.72 Å². The molecule has 142 valence electrons. The summed E-state index contributed by atoms with van der Waals surface area (Å²) in [5.41, 5.74) is -0.463. The van der Waals surface area contributed by atoms with Crippen LogP contribution in [0.25, 0.3) is 0 Å². The zero-order chi connectivity index (χ0) is 19.8. The third-order valence-corrected chi connectivity index (χ3v) is 5.29. The van der Waals surface area contributed by atoms with Gasteiger partial charge in [0.05, 0.1) is 23.4 Å². The predicted molar refractivity (Wildman–Crippen MR) is 91.9 cm³/mol. The maximum atomic E-state index is 13.8. The van der Waals surface area contributed by atoms with Crippen molar-refractivity contribution < 1.29 is 31.5 Å². The zero-order valence-corrected chi connectivity index (χ0v) is 14.8. The first-order valence-electron chi connectivity index (χ1n) is 7.74. The summed E-state index contributed by atoms with van der Waals surface area (Å²) in [6.07, 6.45) is 0.0238. The lowest BCUT2D eigenvalue weighted by Crippen LogP contribution is -2.29. The second kappa shape index (κ2) is 6.95. The number of benzene rings is 2. The van der Waals surface area contributed by atoms with Crippen molar-refractivity contribution in [1.82, 2.24) is 0 Å². The summed E-state index contributed by atoms with van der Waals surface area (Å²) in [6, 6.07) is 5.94. The van der Waals surface area contributed by atoms with Gasteiger partial charge in [-0.1, -0.05) is 0 Å². The van der Waals surface area contributed by atoms with Crippen LogP contribution in [0.4, 0.5) is 20.2 Å². The van der Waals surface area contributed by atoms with Crippen molar-refractivity contribution in [3.05, 3.63) is 48.0 Å². The molecule has 1 aliphatic rings. The lowest BCUT2D eigenvalue weighted by Gasteiger charge is -2.18. The van der Waals surface area contributed by atoms with Crippen LogP contribution in [0.2, 0.25) is 0 Å². The molecule has 2 aromatic rings. The lowest BCUT2D eigenvalue weighted by atomic mass is 10.2. The summed E-state index contributed by atoms with van der Waals surface area (Å²) in [6.45, 7) is 0. The minimum absolute atomic E-state index is 0.0119. The second-order valence-corrected chi connectivity index (χ2v) is 7.37. The minimum Gasteiger partial charge on any atom is -0.495 e. The van der Waals surface area contributed by atoms with Gasteiger partial charge in [0.25, 0.3) is 10.0 Å². The Morgan fingerprint density at radius 1 is 1.04 bits per heavy atom. The summed E-state index contributed by atoms with van der Waals surface area (Å²) >= 11 is 0. The summed E-state index contributed by atoms with van der Waals surface area (Å²) in [5, 5.41) is 0. The molecule has 1 N–H and O–H groups in total. The smallest absolute Gasteiger partial charge is 0.262 e. The molecule has 0 radical (unpaired) electrons. The molecule has 0 spiro atoms. The van der Waals surface area contributed by atoms with Crippen LogP contribution in [-0.2, 0) is 19.6 Å². The molecule has 1 saturated heterocycles. The lowest BCUT2D eigenvalue weighted by molar-refractivity contribution is -0.121. The van der Waals surface area contributed by atoms with E-state index in [9.17, 15) is 26.8 Å². The molecule has 3 rings (SSSR count). The second-order valence-electron chi connectivity index (χ2n) is 5.69. The molecule has 0 aliphatic carbocycles. The Hall–Kier alpha value is -3.01. The highest BCUT2D eigenvalue weighted by molar-refractivity contribution is 7.92. The maximum absolute atomic E-state index is 13.8. The monoisotopic (exact) mass is 396 g/mol. The number of carbonyl (C=O) groups excluding carboxylic acids is 2. The number of hydrogen-bond acceptors (Lipinski definition) is 5. The zero-order valence-electron chi connectivity index (χ0n) is 14.0. The van der Waals surface area contributed by atoms with Crippen LogP contribution >= 0.6 is 0 Å². The Morgan fingerprint density at radius 3 is 2.30 bits per heavy atom. The number of hydrogen-bond donors (Lipinski definition) is 1. The van der Waals surface area contributed by atoms with E-state index in [-0.39, 0.29) is 29.2 Å². The molecule has 0 atom stereocenters. The third-order valence-electron chi connectivity index (χ3n) is 3.93. The first-order valence-corrected chi connectivity index (χ1v) is 9.23. The molecule has 1 heterocycles. The van der Waals surface area contributed by atoms with Crippen molar-refractivity contribution in [2.75, 3.05) is 16.7 Å². The van der Waals surface area contributed by atoms with Crippen molar-refractivity contribution >= 4 is 33.2 Å². The van der Waals surface area contributed by atoms with Crippen LogP contribution in [0.1, 0.15) is 12.8 Å². The van der Waals surface area contributed by atoms with Gasteiger partial charge in [-0.3, -0.25) is 14.3 Å². The summed E-state index contributed by atoms with van der Waals surface area (Å²) in [4.78, 5) is 24.5. The highest BCUT2D eigenvalue weighted by Crippen LogP contribution is 2.34. The van der Waals surface area contributed by atoms with E-state index in [1.165, 1.54) is 19.2 Å². The average Bonchev–Trinajstić information content (AvgIpc) is 2.95. The number of nitrogens with one attached hydrogen (secondary N) is 1. The van der Waals surface area contributed by atoms with Gasteiger partial charge in [0.15, 0.2) is 0 Å². The van der Waals surface area contributed by atoms with Gasteiger partial charge in [-0.05, 0) is 30.3 Å². The predicted octanol–water partition coefficient (Wildman–Crippen LogP) is 2.43. The fraction of sp³-hybridized carbons (Fsp3) is 0.176. The van der Waals surface area contributed by atoms with Gasteiger partial charge in [0.1, 0.15) is 17.4 Å². The van der Waals surface area contributed by atoms with Crippen molar-refractivity contribution in [2.24, 2.45) is 0 Å². The quantitative estimate of drug-likeness (QED) is 0.784. The van der Waals surface area contributed by atoms with E-state index in [2.05, 4.69) is 0 Å². The number of rotatable bonds is 5. The van der Waals surface area contributed by atoms with Crippen LogP contribution < -0.4 is 14.4 Å². The van der Waals surface area contributed by atoms with Crippen LogP contribution in [-0.4, -0.2) is 27.3 Å². The number of sulfonamides is 1. The fourth-order valence-electron chi connectivity index (χ4n) is 2.63. The van der Waals surface area contributed by atoms with Crippen molar-refractivity contribution in [3.8, 4) is 5.75 Å². The van der Waals surface area contributed by atoms with Gasteiger partial charge in [-0.2, -0.15) is 0 Å². The number of carbonyl (C=O) groups is 2. The average molecular weight is 396 g/mol. The number of methoxy groups -OCH3 is 1. The normalized spacial score (nSPS) is 14.6. The van der Waals surface area contributed by atoms with Crippen LogP contribution in [0.15, 0.2) is 41.3 Å². The van der Waals surface area contributed by atoms with Crippen LogP contribution in [0.3, 0.4) is 0 Å². The molecule has 0 aromatic heterocycles. The molecule has 0 bridgehead atoms. The Bertz CT molecular complexity index is 1020. The molecule has 10 heteroatoms. The molecule has 2 aromatic carbocycles. The van der Waals surface area contributed by atoms with Crippen molar-refractivity contribution in [2.45, 2.75) is 17.7 Å². The molecule has 1 fully saturated rings. The first kappa shape index (κ1) is 18.8. The van der Waals surface area contributed by atoms with E-state index >= 15 is 0 Å². The van der Waals surface area contributed by atoms with E-state index < -0.39 is 39.2 Å². The van der Waals surface area contributed by atoms with Gasteiger partial charge in [0.2, 0.25) is 11.8 Å². The van der Waals surface area contributed by atoms with Gasteiger partial charge in [0, 0.05) is 18.9 Å². The van der Waals surface area contributed by atoms with E-state index in [4.69, 9.17) is 4.74 Å². The Labute approximate surface area is 153 Å². The molecular formula is C17H14F2N2O5S. The number of anilines is 2. The third kappa shape index (κ3) is 3.61. The maximum Gasteiger partial charge on any atom is 0.262 e. The number of imide groups is 1. The summed E-state index contributed by atoms with van der Waals surface area (Å²) < 4.78 is 59.0. The van der Waals surface area contributed by atoms with Gasteiger partial charge in [-0.25, -0.2) is 22.1 Å². The molecule has 7 nitrogen and oxygen atoms in total. The van der Waals surface area contributed by atoms with Crippen molar-refractivity contribution in [1.29, 1.82) is 0 Å². The Kier molecular flexibility index (Phi) is 4.83. The fourth-order valence-corrected chi connectivity index (χ4v) is 3.72. The topological polar surface area (TPSA) is 92.8 Å². The Morgan fingerprint density at radius 2 is 1.70 bits per heavy atom. The van der Waals surface area contributed by atoms with E-state index in [0.717, 1.165) is 23.1 Å². The number of nitrogens with zero attached hydrogens (tertiary/aromatic N) is 1. The number of amides is 2. The number of ether oxygens (including phenoxy) is 1. The minimum atomic E-state index is -4.28. The molecule has 0 saturated carbocycles. The summed E-state index contributed by atoms with van der Waals surface area (Å²) in [5.74, 6) is -2.77. The van der Waals surface area contributed by atoms with Crippen molar-refractivity contribution in [3.63, 3.8) is 0 Å². The SMILES string of the molecule is COc1ccc(S(=O)(=O)Nc2ccc(F)cc2F)cc1N1C(=O)CCC1=O. The van der Waals surface area contributed by atoms with Crippen LogP contribution in [0.5, 0.6) is 5.75 Å². The first-order chi connectivity index (χ1) is 12.7. The van der Waals surface area contributed by atoms with Gasteiger partial charge >= 0.3 is 0 Å². The molecule has 27 heavy (non-hydrogen) atoms. The standard InChI is InChI=1S/C17H14F2N2O5S/c1-26-15-5-3-11(9-14(15)21-16(22)6-7-17(21)23)27(24,25)20-13-4-2-10(18)8-12(13)19/h2-5,8-9,20H,6-7H2,1H3. The highest BCUT2D eigenvalue weighted by atomic mass is 32.2. The van der Waals surface area contributed by atoms with Crippen LogP contribution in [0, 0.1) is 11.6 Å². The van der Waals surface area contributed by atoms with Gasteiger partial charge < -0.3 is 4.74 Å². The largest absolute Gasteiger partial charge is 0.495 e. The molecule has 0 unspecified atom stereocenters. The highest BCUT2D eigenvalue weighted by Gasteiger charge is 2.33. The van der Waals surface area contributed by atoms with Gasteiger partial charge in [-0.15, -0.1) is 0 Å². The number of halogens is 2. The van der Waals surface area contributed by atoms with E-state index in [1.54, 1.807) is 0 Å². The molecular weight excluding hydrogens is 382 g/mol. The summed E-state index contributed by atoms with van der Waals surface area (Å²) in [7, 11) is -2.97. The Balaban J connectivity index is 2.02.